The van der Waals surface area contributed by atoms with Gasteiger partial charge in [-0.3, -0.25) is 14.4 Å². The standard InChI is InChI=1S/C17H28N2O6S/c1-3-15(20)18-8-5-6-13(10-18)17(22)25-11-16(21)19(4-2)14-7-9-26(23,24)12-14/h13-14H,3-12H2,1-2H3. The van der Waals surface area contributed by atoms with Crippen LogP contribution in [0.25, 0.3) is 0 Å². The average molecular weight is 388 g/mol. The van der Waals surface area contributed by atoms with Crippen molar-refractivity contribution >= 4 is 27.6 Å². The number of ether oxygens (including phenoxy) is 1. The second kappa shape index (κ2) is 8.83. The van der Waals surface area contributed by atoms with Gasteiger partial charge in [-0.2, -0.15) is 0 Å². The van der Waals surface area contributed by atoms with Gasteiger partial charge in [-0.05, 0) is 26.2 Å². The highest BCUT2D eigenvalue weighted by atomic mass is 32.2. The van der Waals surface area contributed by atoms with Gasteiger partial charge in [0.05, 0.1) is 17.4 Å². The minimum absolute atomic E-state index is 0.0122. The van der Waals surface area contributed by atoms with Crippen LogP contribution >= 0.6 is 0 Å². The molecular weight excluding hydrogens is 360 g/mol. The summed E-state index contributed by atoms with van der Waals surface area (Å²) in [6, 6.07) is -0.344. The maximum absolute atomic E-state index is 12.4. The molecule has 0 spiro atoms. The van der Waals surface area contributed by atoms with Crippen LogP contribution in [0.1, 0.15) is 39.5 Å². The summed E-state index contributed by atoms with van der Waals surface area (Å²) in [4.78, 5) is 39.6. The van der Waals surface area contributed by atoms with Gasteiger partial charge in [0, 0.05) is 32.1 Å². The summed E-state index contributed by atoms with van der Waals surface area (Å²) in [6.07, 6.45) is 2.20. The first-order chi connectivity index (χ1) is 12.3. The number of hydrogen-bond donors (Lipinski definition) is 0. The molecule has 9 heteroatoms. The second-order valence-electron chi connectivity index (χ2n) is 6.88. The summed E-state index contributed by atoms with van der Waals surface area (Å²) in [7, 11) is -3.09. The Morgan fingerprint density at radius 2 is 1.92 bits per heavy atom. The van der Waals surface area contributed by atoms with Gasteiger partial charge in [-0.15, -0.1) is 0 Å². The zero-order valence-electron chi connectivity index (χ0n) is 15.5. The molecule has 0 bridgehead atoms. The molecule has 26 heavy (non-hydrogen) atoms. The Labute approximate surface area is 154 Å². The molecule has 0 radical (unpaired) electrons. The lowest BCUT2D eigenvalue weighted by Crippen LogP contribution is -2.45. The minimum Gasteiger partial charge on any atom is -0.455 e. The number of amides is 2. The number of piperidine rings is 1. The lowest BCUT2D eigenvalue weighted by Gasteiger charge is -2.31. The normalized spacial score (nSPS) is 24.9. The number of esters is 1. The summed E-state index contributed by atoms with van der Waals surface area (Å²) in [6.45, 7) is 4.53. The van der Waals surface area contributed by atoms with E-state index in [1.54, 1.807) is 18.7 Å². The van der Waals surface area contributed by atoms with Gasteiger partial charge in [0.1, 0.15) is 0 Å². The summed E-state index contributed by atoms with van der Waals surface area (Å²) in [5, 5.41) is 0. The molecule has 0 aliphatic carbocycles. The molecule has 2 heterocycles. The van der Waals surface area contributed by atoms with Gasteiger partial charge in [0.25, 0.3) is 5.91 Å². The second-order valence-corrected chi connectivity index (χ2v) is 9.11. The molecule has 0 aromatic heterocycles. The van der Waals surface area contributed by atoms with Gasteiger partial charge >= 0.3 is 5.97 Å². The molecule has 2 atom stereocenters. The van der Waals surface area contributed by atoms with Crippen LogP contribution in [0.3, 0.4) is 0 Å². The molecule has 0 saturated carbocycles. The third kappa shape index (κ3) is 5.18. The Morgan fingerprint density at radius 1 is 1.19 bits per heavy atom. The zero-order valence-corrected chi connectivity index (χ0v) is 16.3. The average Bonchev–Trinajstić information content (AvgIpc) is 2.99. The van der Waals surface area contributed by atoms with Crippen LogP contribution < -0.4 is 0 Å². The van der Waals surface area contributed by atoms with Crippen molar-refractivity contribution in [2.45, 2.75) is 45.6 Å². The maximum atomic E-state index is 12.4. The fraction of sp³-hybridized carbons (Fsp3) is 0.824. The highest BCUT2D eigenvalue weighted by Gasteiger charge is 2.35. The van der Waals surface area contributed by atoms with Crippen molar-refractivity contribution in [3.63, 3.8) is 0 Å². The van der Waals surface area contributed by atoms with Crippen molar-refractivity contribution in [3.05, 3.63) is 0 Å². The molecule has 2 rings (SSSR count). The molecule has 2 fully saturated rings. The Hall–Kier alpha value is -1.64. The van der Waals surface area contributed by atoms with Crippen LogP contribution in [0, 0.1) is 5.92 Å². The number of carbonyl (C=O) groups excluding carboxylic acids is 3. The van der Waals surface area contributed by atoms with E-state index in [1.165, 1.54) is 4.90 Å². The van der Waals surface area contributed by atoms with Crippen molar-refractivity contribution < 1.29 is 27.5 Å². The van der Waals surface area contributed by atoms with E-state index >= 15 is 0 Å². The van der Waals surface area contributed by atoms with E-state index in [0.29, 0.717) is 38.9 Å². The van der Waals surface area contributed by atoms with Crippen molar-refractivity contribution in [1.29, 1.82) is 0 Å². The summed E-state index contributed by atoms with van der Waals surface area (Å²) in [5.41, 5.74) is 0. The largest absolute Gasteiger partial charge is 0.455 e. The molecule has 2 saturated heterocycles. The molecule has 148 valence electrons. The molecular formula is C17H28N2O6S. The molecule has 2 aliphatic rings. The summed E-state index contributed by atoms with van der Waals surface area (Å²) >= 11 is 0. The van der Waals surface area contributed by atoms with Crippen LogP contribution in [0.4, 0.5) is 0 Å². The molecule has 0 aromatic carbocycles. The summed E-state index contributed by atoms with van der Waals surface area (Å²) in [5.74, 6) is -1.18. The molecule has 0 N–H and O–H groups in total. The topological polar surface area (TPSA) is 101 Å². The van der Waals surface area contributed by atoms with Crippen LogP contribution in [-0.4, -0.2) is 79.8 Å². The Bertz CT molecular complexity index is 648. The molecule has 8 nitrogen and oxygen atoms in total. The van der Waals surface area contributed by atoms with Crippen molar-refractivity contribution in [1.82, 2.24) is 9.80 Å². The molecule has 2 unspecified atom stereocenters. The van der Waals surface area contributed by atoms with Crippen molar-refractivity contribution in [3.8, 4) is 0 Å². The molecule has 2 aliphatic heterocycles. The lowest BCUT2D eigenvalue weighted by atomic mass is 9.98. The molecule has 2 amide bonds. The highest BCUT2D eigenvalue weighted by molar-refractivity contribution is 7.91. The number of hydrogen-bond acceptors (Lipinski definition) is 6. The van der Waals surface area contributed by atoms with Crippen LogP contribution in [0.2, 0.25) is 0 Å². The minimum atomic E-state index is -3.09. The SMILES string of the molecule is CCC(=O)N1CCCC(C(=O)OCC(=O)N(CC)C2CCS(=O)(=O)C2)C1. The predicted molar refractivity (Wildman–Crippen MR) is 95.0 cm³/mol. The Balaban J connectivity index is 1.85. The number of likely N-dealkylation sites (tertiary alicyclic amines) is 1. The number of likely N-dealkylation sites (N-methyl/N-ethyl adjacent to an activating group) is 1. The smallest absolute Gasteiger partial charge is 0.311 e. The third-order valence-corrected chi connectivity index (χ3v) is 6.81. The van der Waals surface area contributed by atoms with Crippen molar-refractivity contribution in [2.75, 3.05) is 37.7 Å². The van der Waals surface area contributed by atoms with E-state index in [-0.39, 0.29) is 36.0 Å². The first kappa shape index (κ1) is 20.7. The number of rotatable bonds is 6. The van der Waals surface area contributed by atoms with Gasteiger partial charge in [0.15, 0.2) is 16.4 Å². The van der Waals surface area contributed by atoms with E-state index in [4.69, 9.17) is 4.74 Å². The van der Waals surface area contributed by atoms with Crippen LogP contribution in [-0.2, 0) is 29.0 Å². The van der Waals surface area contributed by atoms with Gasteiger partial charge in [0.2, 0.25) is 5.91 Å². The number of sulfone groups is 1. The summed E-state index contributed by atoms with van der Waals surface area (Å²) < 4.78 is 28.4. The lowest BCUT2D eigenvalue weighted by molar-refractivity contribution is -0.158. The monoisotopic (exact) mass is 388 g/mol. The fourth-order valence-electron chi connectivity index (χ4n) is 3.61. The fourth-order valence-corrected chi connectivity index (χ4v) is 5.34. The first-order valence-electron chi connectivity index (χ1n) is 9.21. The number of nitrogens with zero attached hydrogens (tertiary/aromatic N) is 2. The molecule has 0 aromatic rings. The van der Waals surface area contributed by atoms with Crippen LogP contribution in [0.15, 0.2) is 0 Å². The van der Waals surface area contributed by atoms with E-state index in [2.05, 4.69) is 0 Å². The Kier molecular flexibility index (Phi) is 7.02. The predicted octanol–water partition coefficient (Wildman–Crippen LogP) is 0.214. The van der Waals surface area contributed by atoms with E-state index in [0.717, 1.165) is 6.42 Å². The van der Waals surface area contributed by atoms with Crippen LogP contribution in [0.5, 0.6) is 0 Å². The van der Waals surface area contributed by atoms with Crippen molar-refractivity contribution in [2.24, 2.45) is 5.92 Å². The zero-order chi connectivity index (χ0) is 19.3. The number of carbonyl (C=O) groups is 3. The van der Waals surface area contributed by atoms with Gasteiger partial charge in [-0.1, -0.05) is 6.92 Å². The highest BCUT2D eigenvalue weighted by Crippen LogP contribution is 2.20. The first-order valence-corrected chi connectivity index (χ1v) is 11.0. The quantitative estimate of drug-likeness (QED) is 0.603. The third-order valence-electron chi connectivity index (χ3n) is 5.06. The van der Waals surface area contributed by atoms with E-state index < -0.39 is 21.7 Å². The van der Waals surface area contributed by atoms with E-state index in [9.17, 15) is 22.8 Å². The van der Waals surface area contributed by atoms with E-state index in [1.807, 2.05) is 0 Å². The van der Waals surface area contributed by atoms with Gasteiger partial charge in [-0.25, -0.2) is 8.42 Å². The maximum Gasteiger partial charge on any atom is 0.311 e. The Morgan fingerprint density at radius 3 is 2.50 bits per heavy atom. The van der Waals surface area contributed by atoms with Gasteiger partial charge < -0.3 is 14.5 Å².